The fraction of sp³-hybridized carbons (Fsp3) is 0.417. The predicted octanol–water partition coefficient (Wildman–Crippen LogP) is 1.23. The zero-order valence-corrected chi connectivity index (χ0v) is 9.72. The molecule has 17 heavy (non-hydrogen) atoms. The highest BCUT2D eigenvalue weighted by Gasteiger charge is 2.12. The number of nitrogens with one attached hydrogen (secondary N) is 2. The summed E-state index contributed by atoms with van der Waals surface area (Å²) in [4.78, 5) is 11.4. The SMILES string of the molecule is CCNCCNC(=O)Cc1c(F)cccc1F. The van der Waals surface area contributed by atoms with Crippen molar-refractivity contribution >= 4 is 5.91 Å². The third-order valence-corrected chi connectivity index (χ3v) is 2.27. The molecule has 0 unspecified atom stereocenters. The first-order valence-electron chi connectivity index (χ1n) is 5.55. The Hall–Kier alpha value is -1.49. The van der Waals surface area contributed by atoms with Gasteiger partial charge < -0.3 is 10.6 Å². The first-order chi connectivity index (χ1) is 8.15. The summed E-state index contributed by atoms with van der Waals surface area (Å²) in [6, 6.07) is 3.56. The van der Waals surface area contributed by atoms with Crippen molar-refractivity contribution in [3.8, 4) is 0 Å². The van der Waals surface area contributed by atoms with Crippen LogP contribution in [0, 0.1) is 11.6 Å². The van der Waals surface area contributed by atoms with Crippen molar-refractivity contribution in [3.05, 3.63) is 35.4 Å². The average Bonchev–Trinajstić information content (AvgIpc) is 2.30. The summed E-state index contributed by atoms with van der Waals surface area (Å²) in [5.41, 5.74) is -0.187. The molecule has 0 saturated heterocycles. The summed E-state index contributed by atoms with van der Waals surface area (Å²) < 4.78 is 26.4. The van der Waals surface area contributed by atoms with Gasteiger partial charge in [-0.3, -0.25) is 4.79 Å². The largest absolute Gasteiger partial charge is 0.355 e. The highest BCUT2D eigenvalue weighted by atomic mass is 19.1. The lowest BCUT2D eigenvalue weighted by molar-refractivity contribution is -0.120. The number of likely N-dealkylation sites (N-methyl/N-ethyl adjacent to an activating group) is 1. The molecule has 0 atom stereocenters. The third-order valence-electron chi connectivity index (χ3n) is 2.27. The van der Waals surface area contributed by atoms with Crippen LogP contribution in [0.1, 0.15) is 12.5 Å². The maximum absolute atomic E-state index is 13.2. The average molecular weight is 242 g/mol. The second-order valence-electron chi connectivity index (χ2n) is 3.58. The van der Waals surface area contributed by atoms with Gasteiger partial charge in [-0.1, -0.05) is 13.0 Å². The van der Waals surface area contributed by atoms with Crippen molar-refractivity contribution in [3.63, 3.8) is 0 Å². The molecule has 1 amide bonds. The van der Waals surface area contributed by atoms with Crippen LogP contribution >= 0.6 is 0 Å². The quantitative estimate of drug-likeness (QED) is 0.737. The van der Waals surface area contributed by atoms with Gasteiger partial charge in [-0.05, 0) is 18.7 Å². The molecule has 0 radical (unpaired) electrons. The van der Waals surface area contributed by atoms with E-state index < -0.39 is 11.6 Å². The lowest BCUT2D eigenvalue weighted by atomic mass is 10.1. The van der Waals surface area contributed by atoms with Crippen LogP contribution in [0.2, 0.25) is 0 Å². The Bertz CT molecular complexity index is 363. The highest BCUT2D eigenvalue weighted by molar-refractivity contribution is 5.78. The van der Waals surface area contributed by atoms with Gasteiger partial charge in [-0.15, -0.1) is 0 Å². The Morgan fingerprint density at radius 3 is 2.47 bits per heavy atom. The Morgan fingerprint density at radius 2 is 1.88 bits per heavy atom. The number of hydrogen-bond donors (Lipinski definition) is 2. The van der Waals surface area contributed by atoms with E-state index in [1.807, 2.05) is 6.92 Å². The van der Waals surface area contributed by atoms with Gasteiger partial charge in [0.1, 0.15) is 11.6 Å². The van der Waals surface area contributed by atoms with Gasteiger partial charge in [-0.25, -0.2) is 8.78 Å². The molecule has 0 aliphatic heterocycles. The Labute approximate surface area is 99.2 Å². The van der Waals surface area contributed by atoms with Crippen molar-refractivity contribution in [1.82, 2.24) is 10.6 Å². The summed E-state index contributed by atoms with van der Waals surface area (Å²) in [7, 11) is 0. The van der Waals surface area contributed by atoms with Gasteiger partial charge in [0.2, 0.25) is 5.91 Å². The van der Waals surface area contributed by atoms with Crippen LogP contribution < -0.4 is 10.6 Å². The first-order valence-corrected chi connectivity index (χ1v) is 5.55. The zero-order valence-electron chi connectivity index (χ0n) is 9.72. The van der Waals surface area contributed by atoms with Crippen LogP contribution in [0.3, 0.4) is 0 Å². The number of hydrogen-bond acceptors (Lipinski definition) is 2. The van der Waals surface area contributed by atoms with Crippen LogP contribution in [-0.4, -0.2) is 25.5 Å². The molecular weight excluding hydrogens is 226 g/mol. The minimum absolute atomic E-state index is 0.187. The number of carbonyl (C=O) groups is 1. The van der Waals surface area contributed by atoms with Crippen molar-refractivity contribution in [2.75, 3.05) is 19.6 Å². The molecular formula is C12H16F2N2O. The Morgan fingerprint density at radius 1 is 1.24 bits per heavy atom. The molecule has 0 aliphatic carbocycles. The zero-order chi connectivity index (χ0) is 12.7. The second-order valence-corrected chi connectivity index (χ2v) is 3.58. The number of halogens is 2. The van der Waals surface area contributed by atoms with E-state index in [4.69, 9.17) is 0 Å². The number of carbonyl (C=O) groups excluding carboxylic acids is 1. The standard InChI is InChI=1S/C12H16F2N2O/c1-2-15-6-7-16-12(17)8-9-10(13)4-3-5-11(9)14/h3-5,15H,2,6-8H2,1H3,(H,16,17). The van der Waals surface area contributed by atoms with Crippen molar-refractivity contribution in [2.45, 2.75) is 13.3 Å². The molecule has 1 rings (SSSR count). The molecule has 1 aromatic rings. The monoisotopic (exact) mass is 242 g/mol. The topological polar surface area (TPSA) is 41.1 Å². The molecule has 0 saturated carbocycles. The first kappa shape index (κ1) is 13.6. The second kappa shape index (κ2) is 6.96. The smallest absolute Gasteiger partial charge is 0.224 e. The Balaban J connectivity index is 2.45. The normalized spacial score (nSPS) is 10.3. The number of benzene rings is 1. The van der Waals surface area contributed by atoms with E-state index in [1.54, 1.807) is 0 Å². The molecule has 0 bridgehead atoms. The van der Waals surface area contributed by atoms with E-state index >= 15 is 0 Å². The molecule has 0 aliphatic rings. The summed E-state index contributed by atoms with van der Waals surface area (Å²) in [5.74, 6) is -1.76. The molecule has 0 spiro atoms. The van der Waals surface area contributed by atoms with E-state index in [0.29, 0.717) is 13.1 Å². The maximum Gasteiger partial charge on any atom is 0.224 e. The van der Waals surface area contributed by atoms with Crippen molar-refractivity contribution in [2.24, 2.45) is 0 Å². The third kappa shape index (κ3) is 4.48. The molecule has 5 heteroatoms. The van der Waals surface area contributed by atoms with E-state index in [-0.39, 0.29) is 17.9 Å². The van der Waals surface area contributed by atoms with Crippen LogP contribution in [0.15, 0.2) is 18.2 Å². The van der Waals surface area contributed by atoms with Gasteiger partial charge in [0.25, 0.3) is 0 Å². The maximum atomic E-state index is 13.2. The van der Waals surface area contributed by atoms with E-state index in [1.165, 1.54) is 6.07 Å². The van der Waals surface area contributed by atoms with E-state index in [9.17, 15) is 13.6 Å². The van der Waals surface area contributed by atoms with Crippen LogP contribution in [0.4, 0.5) is 8.78 Å². The van der Waals surface area contributed by atoms with Gasteiger partial charge in [-0.2, -0.15) is 0 Å². The molecule has 2 N–H and O–H groups in total. The molecule has 0 fully saturated rings. The van der Waals surface area contributed by atoms with Crippen molar-refractivity contribution < 1.29 is 13.6 Å². The number of amides is 1. The Kier molecular flexibility index (Phi) is 5.56. The van der Waals surface area contributed by atoms with E-state index in [2.05, 4.69) is 10.6 Å². The van der Waals surface area contributed by atoms with Gasteiger partial charge in [0.15, 0.2) is 0 Å². The van der Waals surface area contributed by atoms with Gasteiger partial charge in [0, 0.05) is 18.7 Å². The van der Waals surface area contributed by atoms with Crippen molar-refractivity contribution in [1.29, 1.82) is 0 Å². The fourth-order valence-corrected chi connectivity index (χ4v) is 1.39. The van der Waals surface area contributed by atoms with Crippen LogP contribution in [0.5, 0.6) is 0 Å². The van der Waals surface area contributed by atoms with Crippen LogP contribution in [-0.2, 0) is 11.2 Å². The summed E-state index contributed by atoms with van der Waals surface area (Å²) >= 11 is 0. The lowest BCUT2D eigenvalue weighted by Crippen LogP contribution is -2.33. The summed E-state index contributed by atoms with van der Waals surface area (Å²) in [5, 5.41) is 5.61. The molecule has 1 aromatic carbocycles. The lowest BCUT2D eigenvalue weighted by Gasteiger charge is -2.07. The molecule has 94 valence electrons. The molecule has 0 heterocycles. The predicted molar refractivity (Wildman–Crippen MR) is 61.6 cm³/mol. The summed E-state index contributed by atoms with van der Waals surface area (Å²) in [6.45, 7) is 3.86. The number of rotatable bonds is 6. The fourth-order valence-electron chi connectivity index (χ4n) is 1.39. The molecule has 0 aromatic heterocycles. The van der Waals surface area contributed by atoms with Gasteiger partial charge >= 0.3 is 0 Å². The van der Waals surface area contributed by atoms with E-state index in [0.717, 1.165) is 18.7 Å². The van der Waals surface area contributed by atoms with Gasteiger partial charge in [0.05, 0.1) is 6.42 Å². The highest BCUT2D eigenvalue weighted by Crippen LogP contribution is 2.12. The minimum atomic E-state index is -0.688. The minimum Gasteiger partial charge on any atom is -0.355 e. The van der Waals surface area contributed by atoms with Crippen LogP contribution in [0.25, 0.3) is 0 Å². The summed E-state index contributed by atoms with van der Waals surface area (Å²) in [6.07, 6.45) is -0.273. The molecule has 3 nitrogen and oxygen atoms in total.